The third-order valence-electron chi connectivity index (χ3n) is 4.14. The Bertz CT molecular complexity index is 1050. The molecule has 0 atom stereocenters. The minimum atomic E-state index is -4.56. The van der Waals surface area contributed by atoms with Gasteiger partial charge in [0.25, 0.3) is 0 Å². The molecule has 0 fully saturated rings. The van der Waals surface area contributed by atoms with Crippen molar-refractivity contribution in [3.05, 3.63) is 70.0 Å². The van der Waals surface area contributed by atoms with Crippen LogP contribution in [0.3, 0.4) is 0 Å². The normalized spacial score (nSPS) is 11.6. The molecule has 1 heterocycles. The lowest BCUT2D eigenvalue weighted by atomic mass is 10.1. The Morgan fingerprint density at radius 1 is 1.19 bits per heavy atom. The maximum atomic E-state index is 13.2. The lowest BCUT2D eigenvalue weighted by Crippen LogP contribution is -2.30. The molecule has 1 amide bonds. The first-order valence-corrected chi connectivity index (χ1v) is 9.95. The lowest BCUT2D eigenvalue weighted by molar-refractivity contribution is -0.137. The van der Waals surface area contributed by atoms with E-state index in [2.05, 4.69) is 26.4 Å². The molecule has 2 aromatic carbocycles. The van der Waals surface area contributed by atoms with E-state index >= 15 is 0 Å². The van der Waals surface area contributed by atoms with Crippen LogP contribution in [-0.4, -0.2) is 29.6 Å². The number of hydrogen-bond acceptors (Lipinski definition) is 5. The Hall–Kier alpha value is -2.85. The molecule has 1 aromatic heterocycles. The van der Waals surface area contributed by atoms with Gasteiger partial charge in [-0.2, -0.15) is 13.2 Å². The van der Waals surface area contributed by atoms with Gasteiger partial charge in [-0.3, -0.25) is 9.69 Å². The Balaban J connectivity index is 1.76. The molecule has 1 N–H and O–H groups in total. The van der Waals surface area contributed by atoms with Crippen LogP contribution in [0, 0.1) is 6.92 Å². The topological polar surface area (TPSA) is 67.6 Å². The molecule has 0 radical (unpaired) electrons. The van der Waals surface area contributed by atoms with E-state index in [4.69, 9.17) is 9.26 Å². The summed E-state index contributed by atoms with van der Waals surface area (Å²) in [5.41, 5.74) is -0.322. The van der Waals surface area contributed by atoms with Gasteiger partial charge in [0.2, 0.25) is 5.91 Å². The first kappa shape index (κ1) is 22.8. The van der Waals surface area contributed by atoms with Gasteiger partial charge in [-0.15, -0.1) is 0 Å². The van der Waals surface area contributed by atoms with Gasteiger partial charge in [0.1, 0.15) is 11.5 Å². The zero-order chi connectivity index (χ0) is 22.6. The van der Waals surface area contributed by atoms with E-state index < -0.39 is 17.6 Å². The second kappa shape index (κ2) is 9.52. The van der Waals surface area contributed by atoms with E-state index in [9.17, 15) is 18.0 Å². The van der Waals surface area contributed by atoms with Crippen molar-refractivity contribution in [1.29, 1.82) is 0 Å². The molecule has 0 spiro atoms. The zero-order valence-electron chi connectivity index (χ0n) is 16.7. The molecule has 3 aromatic rings. The summed E-state index contributed by atoms with van der Waals surface area (Å²) in [6.45, 7) is 2.03. The van der Waals surface area contributed by atoms with E-state index in [1.54, 1.807) is 49.2 Å². The van der Waals surface area contributed by atoms with Gasteiger partial charge in [-0.1, -0.05) is 21.1 Å². The minimum Gasteiger partial charge on any atom is -0.455 e. The third-order valence-corrected chi connectivity index (χ3v) is 4.67. The molecule has 31 heavy (non-hydrogen) atoms. The van der Waals surface area contributed by atoms with Gasteiger partial charge >= 0.3 is 6.18 Å². The number of alkyl halides is 3. The molecule has 0 saturated carbocycles. The van der Waals surface area contributed by atoms with Gasteiger partial charge in [0, 0.05) is 17.1 Å². The third kappa shape index (κ3) is 6.56. The first-order valence-electron chi connectivity index (χ1n) is 9.15. The molecule has 0 bridgehead atoms. The van der Waals surface area contributed by atoms with E-state index in [1.807, 2.05) is 0 Å². The number of ether oxygens (including phenoxy) is 1. The molecular formula is C21H19BrF3N3O3. The van der Waals surface area contributed by atoms with Gasteiger partial charge in [0.15, 0.2) is 5.75 Å². The summed E-state index contributed by atoms with van der Waals surface area (Å²) in [6, 6.07) is 11.5. The number of anilines is 1. The summed E-state index contributed by atoms with van der Waals surface area (Å²) in [4.78, 5) is 14.2. The number of rotatable bonds is 7. The Kier molecular flexibility index (Phi) is 7.01. The molecule has 0 aliphatic heterocycles. The number of halogens is 4. The number of nitrogens with zero attached hydrogens (tertiary/aromatic N) is 2. The van der Waals surface area contributed by atoms with E-state index in [0.29, 0.717) is 23.7 Å². The summed E-state index contributed by atoms with van der Waals surface area (Å²) >= 11 is 3.30. The highest BCUT2D eigenvalue weighted by molar-refractivity contribution is 9.10. The molecule has 10 heteroatoms. The van der Waals surface area contributed by atoms with Crippen LogP contribution in [0.2, 0.25) is 0 Å². The molecule has 3 rings (SSSR count). The molecular weight excluding hydrogens is 479 g/mol. The van der Waals surface area contributed by atoms with E-state index in [-0.39, 0.29) is 18.0 Å². The lowest BCUT2D eigenvalue weighted by Gasteiger charge is -2.18. The summed E-state index contributed by atoms with van der Waals surface area (Å²) in [6.07, 6.45) is -4.56. The average molecular weight is 498 g/mol. The maximum Gasteiger partial charge on any atom is 0.416 e. The smallest absolute Gasteiger partial charge is 0.416 e. The Morgan fingerprint density at radius 3 is 2.52 bits per heavy atom. The first-order chi connectivity index (χ1) is 14.6. The van der Waals surface area contributed by atoms with Crippen molar-refractivity contribution in [2.24, 2.45) is 0 Å². The fraction of sp³-hybridized carbons (Fsp3) is 0.238. The predicted octanol–water partition coefficient (Wildman–Crippen LogP) is 5.63. The number of benzene rings is 2. The van der Waals surface area contributed by atoms with Crippen LogP contribution in [0.25, 0.3) is 0 Å². The van der Waals surface area contributed by atoms with Crippen molar-refractivity contribution in [3.63, 3.8) is 0 Å². The number of aromatic nitrogens is 1. The summed E-state index contributed by atoms with van der Waals surface area (Å²) in [5, 5.41) is 6.37. The standard InChI is InChI=1S/C21H19BrF3N3O3/c1-13-9-16(27-31-13)11-28(2)12-20(29)26-18-10-14(21(23,24)25)3-8-19(18)30-17-6-4-15(22)5-7-17/h3-10H,11-12H2,1-2H3,(H,26,29). The molecule has 0 unspecified atom stereocenters. The number of carbonyl (C=O) groups excluding carboxylic acids is 1. The van der Waals surface area contributed by atoms with Crippen LogP contribution in [0.5, 0.6) is 11.5 Å². The molecule has 6 nitrogen and oxygen atoms in total. The van der Waals surface area contributed by atoms with Crippen LogP contribution in [0.4, 0.5) is 18.9 Å². The second-order valence-corrected chi connectivity index (χ2v) is 7.83. The van der Waals surface area contributed by atoms with Gasteiger partial charge in [-0.05, 0) is 56.4 Å². The number of likely N-dealkylation sites (N-methyl/N-ethyl adjacent to an activating group) is 1. The van der Waals surface area contributed by atoms with E-state index in [0.717, 1.165) is 16.6 Å². The molecule has 0 saturated heterocycles. The minimum absolute atomic E-state index is 0.0696. The zero-order valence-corrected chi connectivity index (χ0v) is 18.3. The SMILES string of the molecule is Cc1cc(CN(C)CC(=O)Nc2cc(C(F)(F)F)ccc2Oc2ccc(Br)cc2)no1. The maximum absolute atomic E-state index is 13.2. The van der Waals surface area contributed by atoms with Gasteiger partial charge in [-0.25, -0.2) is 0 Å². The summed E-state index contributed by atoms with van der Waals surface area (Å²) in [5.74, 6) is 0.657. The molecule has 164 valence electrons. The molecule has 0 aliphatic rings. The van der Waals surface area contributed by atoms with Crippen LogP contribution in [-0.2, 0) is 17.5 Å². The average Bonchev–Trinajstić information content (AvgIpc) is 3.08. The number of carbonyl (C=O) groups is 1. The van der Waals surface area contributed by atoms with Crippen molar-refractivity contribution < 1.29 is 27.2 Å². The van der Waals surface area contributed by atoms with Crippen molar-refractivity contribution >= 4 is 27.5 Å². The highest BCUT2D eigenvalue weighted by Gasteiger charge is 2.31. The highest BCUT2D eigenvalue weighted by atomic mass is 79.9. The monoisotopic (exact) mass is 497 g/mol. The van der Waals surface area contributed by atoms with Crippen LogP contribution in [0.15, 0.2) is 57.5 Å². The summed E-state index contributed by atoms with van der Waals surface area (Å²) < 4.78 is 51.0. The van der Waals surface area contributed by atoms with Crippen molar-refractivity contribution in [2.45, 2.75) is 19.6 Å². The number of amides is 1. The second-order valence-electron chi connectivity index (χ2n) is 6.91. The van der Waals surface area contributed by atoms with Crippen molar-refractivity contribution in [3.8, 4) is 11.5 Å². The number of nitrogens with one attached hydrogen (secondary N) is 1. The van der Waals surface area contributed by atoms with Gasteiger partial charge in [0.05, 0.1) is 23.5 Å². The fourth-order valence-electron chi connectivity index (χ4n) is 2.78. The van der Waals surface area contributed by atoms with Gasteiger partial charge < -0.3 is 14.6 Å². The van der Waals surface area contributed by atoms with Crippen molar-refractivity contribution in [2.75, 3.05) is 18.9 Å². The van der Waals surface area contributed by atoms with E-state index in [1.165, 1.54) is 6.07 Å². The largest absolute Gasteiger partial charge is 0.455 e. The predicted molar refractivity (Wildman–Crippen MR) is 112 cm³/mol. The Morgan fingerprint density at radius 2 is 1.90 bits per heavy atom. The van der Waals surface area contributed by atoms with Crippen LogP contribution in [0.1, 0.15) is 17.0 Å². The number of aryl methyl sites for hydroxylation is 1. The van der Waals surface area contributed by atoms with Crippen molar-refractivity contribution in [1.82, 2.24) is 10.1 Å². The summed E-state index contributed by atoms with van der Waals surface area (Å²) in [7, 11) is 1.69. The molecule has 0 aliphatic carbocycles. The number of hydrogen-bond donors (Lipinski definition) is 1. The highest BCUT2D eigenvalue weighted by Crippen LogP contribution is 2.37. The Labute approximate surface area is 185 Å². The quantitative estimate of drug-likeness (QED) is 0.458. The fourth-order valence-corrected chi connectivity index (χ4v) is 3.05. The van der Waals surface area contributed by atoms with Crippen LogP contribution < -0.4 is 10.1 Å². The van der Waals surface area contributed by atoms with Crippen LogP contribution >= 0.6 is 15.9 Å².